The SMILES string of the molecule is Cc1ccc2c(=NOCCc3ccccn3)c3ccccc3n(CCCN)c2c1C. The first-order valence-corrected chi connectivity index (χ1v) is 10.5. The molecule has 0 saturated carbocycles. The highest BCUT2D eigenvalue weighted by Crippen LogP contribution is 2.24. The van der Waals surface area contributed by atoms with E-state index in [0.717, 1.165) is 46.7 Å². The Bertz CT molecular complexity index is 1230. The number of rotatable bonds is 7. The van der Waals surface area contributed by atoms with E-state index in [9.17, 15) is 0 Å². The minimum absolute atomic E-state index is 0.486. The van der Waals surface area contributed by atoms with Crippen molar-refractivity contribution in [1.29, 1.82) is 0 Å². The molecule has 0 unspecified atom stereocenters. The van der Waals surface area contributed by atoms with Crippen molar-refractivity contribution >= 4 is 21.8 Å². The second-order valence-corrected chi connectivity index (χ2v) is 7.56. The number of nitrogens with two attached hydrogens (primary N) is 1. The molecule has 0 radical (unpaired) electrons. The molecule has 4 aromatic rings. The quantitative estimate of drug-likeness (QED) is 0.287. The van der Waals surface area contributed by atoms with Gasteiger partial charge in [-0.05, 0) is 56.1 Å². The molecule has 0 bridgehead atoms. The van der Waals surface area contributed by atoms with E-state index in [1.54, 1.807) is 6.20 Å². The summed E-state index contributed by atoms with van der Waals surface area (Å²) in [6.45, 7) is 6.35. The van der Waals surface area contributed by atoms with Crippen LogP contribution in [0.1, 0.15) is 23.2 Å². The molecule has 0 spiro atoms. The van der Waals surface area contributed by atoms with Crippen LogP contribution in [0.15, 0.2) is 65.9 Å². The average molecular weight is 401 g/mol. The zero-order valence-corrected chi connectivity index (χ0v) is 17.6. The Kier molecular flexibility index (Phi) is 6.10. The Morgan fingerprint density at radius 3 is 2.63 bits per heavy atom. The van der Waals surface area contributed by atoms with Gasteiger partial charge in [0.2, 0.25) is 0 Å². The molecule has 0 aliphatic carbocycles. The molecule has 4 rings (SSSR count). The van der Waals surface area contributed by atoms with Crippen molar-refractivity contribution in [3.63, 3.8) is 0 Å². The molecule has 2 heterocycles. The van der Waals surface area contributed by atoms with Crippen molar-refractivity contribution in [3.8, 4) is 0 Å². The molecular weight excluding hydrogens is 372 g/mol. The topological polar surface area (TPSA) is 65.4 Å². The third-order valence-electron chi connectivity index (χ3n) is 5.59. The second-order valence-electron chi connectivity index (χ2n) is 7.56. The minimum atomic E-state index is 0.486. The van der Waals surface area contributed by atoms with Gasteiger partial charge in [0, 0.05) is 35.6 Å². The molecule has 30 heavy (non-hydrogen) atoms. The molecule has 2 aromatic carbocycles. The van der Waals surface area contributed by atoms with E-state index >= 15 is 0 Å². The largest absolute Gasteiger partial charge is 0.395 e. The van der Waals surface area contributed by atoms with Crippen molar-refractivity contribution in [2.75, 3.05) is 13.2 Å². The molecular formula is C25H28N4O. The van der Waals surface area contributed by atoms with Crippen LogP contribution >= 0.6 is 0 Å². The summed E-state index contributed by atoms with van der Waals surface area (Å²) in [5.74, 6) is 0. The third-order valence-corrected chi connectivity index (χ3v) is 5.59. The van der Waals surface area contributed by atoms with E-state index in [0.29, 0.717) is 13.2 Å². The Balaban J connectivity index is 1.84. The van der Waals surface area contributed by atoms with E-state index in [2.05, 4.69) is 65.0 Å². The first-order chi connectivity index (χ1) is 14.7. The normalized spacial score (nSPS) is 12.0. The van der Waals surface area contributed by atoms with E-state index in [1.807, 2.05) is 18.2 Å². The predicted molar refractivity (Wildman–Crippen MR) is 122 cm³/mol. The smallest absolute Gasteiger partial charge is 0.122 e. The first kappa shape index (κ1) is 20.1. The fourth-order valence-corrected chi connectivity index (χ4v) is 3.90. The Labute approximate surface area is 176 Å². The second kappa shape index (κ2) is 9.09. The number of fused-ring (bicyclic) bond motifs is 2. The fraction of sp³-hybridized carbons (Fsp3) is 0.280. The molecule has 5 nitrogen and oxygen atoms in total. The lowest BCUT2D eigenvalue weighted by Gasteiger charge is -2.18. The van der Waals surface area contributed by atoms with Crippen LogP contribution in [0.5, 0.6) is 0 Å². The number of aryl methyl sites for hydroxylation is 3. The van der Waals surface area contributed by atoms with Crippen molar-refractivity contribution in [3.05, 3.63) is 83.0 Å². The average Bonchev–Trinajstić information content (AvgIpc) is 2.78. The van der Waals surface area contributed by atoms with Gasteiger partial charge in [0.15, 0.2) is 0 Å². The number of para-hydroxylation sites is 1. The molecule has 0 fully saturated rings. The summed E-state index contributed by atoms with van der Waals surface area (Å²) in [6.07, 6.45) is 3.45. The molecule has 0 amide bonds. The van der Waals surface area contributed by atoms with Gasteiger partial charge in [-0.1, -0.05) is 41.6 Å². The number of pyridine rings is 2. The molecule has 2 aromatic heterocycles. The highest BCUT2D eigenvalue weighted by molar-refractivity contribution is 5.95. The lowest BCUT2D eigenvalue weighted by atomic mass is 10.0. The lowest BCUT2D eigenvalue weighted by molar-refractivity contribution is 0.137. The standard InChI is InChI=1S/C25H28N4O/c1-18-11-12-22-24(28-30-17-13-20-8-5-6-15-27-20)21-9-3-4-10-23(21)29(16-7-14-26)25(22)19(18)2/h3-6,8-12,15H,7,13-14,16-17,26H2,1-2H3. The summed E-state index contributed by atoms with van der Waals surface area (Å²) >= 11 is 0. The van der Waals surface area contributed by atoms with Crippen molar-refractivity contribution in [1.82, 2.24) is 9.55 Å². The highest BCUT2D eigenvalue weighted by atomic mass is 16.6. The number of nitrogens with zero attached hydrogens (tertiary/aromatic N) is 3. The predicted octanol–water partition coefficient (Wildman–Crippen LogP) is 4.23. The lowest BCUT2D eigenvalue weighted by Crippen LogP contribution is -2.16. The summed E-state index contributed by atoms with van der Waals surface area (Å²) in [5.41, 5.74) is 11.7. The molecule has 5 heteroatoms. The fourth-order valence-electron chi connectivity index (χ4n) is 3.90. The van der Waals surface area contributed by atoms with Crippen LogP contribution < -0.4 is 11.1 Å². The number of hydrogen-bond acceptors (Lipinski definition) is 4. The minimum Gasteiger partial charge on any atom is -0.395 e. The summed E-state index contributed by atoms with van der Waals surface area (Å²) in [4.78, 5) is 10.1. The maximum atomic E-state index is 5.83. The van der Waals surface area contributed by atoms with Crippen LogP contribution in [0, 0.1) is 13.8 Å². The summed E-state index contributed by atoms with van der Waals surface area (Å²) in [5, 5.41) is 7.68. The Morgan fingerprint density at radius 1 is 1.00 bits per heavy atom. The third kappa shape index (κ3) is 3.94. The van der Waals surface area contributed by atoms with Gasteiger partial charge >= 0.3 is 0 Å². The maximum absolute atomic E-state index is 5.83. The van der Waals surface area contributed by atoms with Crippen molar-refractivity contribution in [2.24, 2.45) is 10.9 Å². The van der Waals surface area contributed by atoms with Gasteiger partial charge in [-0.15, -0.1) is 0 Å². The zero-order valence-electron chi connectivity index (χ0n) is 17.6. The molecule has 0 aliphatic heterocycles. The number of hydrogen-bond donors (Lipinski definition) is 1. The van der Waals surface area contributed by atoms with Gasteiger partial charge in [-0.2, -0.15) is 0 Å². The molecule has 0 saturated heterocycles. The van der Waals surface area contributed by atoms with Crippen LogP contribution in [0.3, 0.4) is 0 Å². The van der Waals surface area contributed by atoms with Crippen LogP contribution in [0.25, 0.3) is 21.8 Å². The van der Waals surface area contributed by atoms with Crippen molar-refractivity contribution < 1.29 is 4.84 Å². The van der Waals surface area contributed by atoms with Gasteiger partial charge in [-0.25, -0.2) is 0 Å². The molecule has 154 valence electrons. The van der Waals surface area contributed by atoms with Gasteiger partial charge < -0.3 is 15.1 Å². The van der Waals surface area contributed by atoms with Crippen molar-refractivity contribution in [2.45, 2.75) is 33.2 Å². The van der Waals surface area contributed by atoms with Crippen LogP contribution in [-0.4, -0.2) is 22.7 Å². The number of aromatic nitrogens is 2. The van der Waals surface area contributed by atoms with E-state index < -0.39 is 0 Å². The summed E-state index contributed by atoms with van der Waals surface area (Å²) in [6, 6.07) is 18.6. The Morgan fingerprint density at radius 2 is 1.83 bits per heavy atom. The zero-order chi connectivity index (χ0) is 20.9. The molecule has 0 aliphatic rings. The van der Waals surface area contributed by atoms with Crippen LogP contribution in [-0.2, 0) is 17.8 Å². The van der Waals surface area contributed by atoms with Crippen LogP contribution in [0.2, 0.25) is 0 Å². The van der Waals surface area contributed by atoms with Gasteiger partial charge in [-0.3, -0.25) is 4.98 Å². The maximum Gasteiger partial charge on any atom is 0.122 e. The van der Waals surface area contributed by atoms with Crippen LogP contribution in [0.4, 0.5) is 0 Å². The monoisotopic (exact) mass is 400 g/mol. The number of benzene rings is 2. The summed E-state index contributed by atoms with van der Waals surface area (Å²) < 4.78 is 2.38. The van der Waals surface area contributed by atoms with E-state index in [4.69, 9.17) is 10.6 Å². The summed E-state index contributed by atoms with van der Waals surface area (Å²) in [7, 11) is 0. The van der Waals surface area contributed by atoms with Gasteiger partial charge in [0.1, 0.15) is 12.0 Å². The van der Waals surface area contributed by atoms with Gasteiger partial charge in [0.25, 0.3) is 0 Å². The molecule has 0 atom stereocenters. The van der Waals surface area contributed by atoms with E-state index in [1.165, 1.54) is 16.6 Å². The van der Waals surface area contributed by atoms with E-state index in [-0.39, 0.29) is 0 Å². The van der Waals surface area contributed by atoms with Gasteiger partial charge in [0.05, 0.1) is 11.0 Å². The first-order valence-electron chi connectivity index (χ1n) is 10.5. The molecule has 2 N–H and O–H groups in total. The Hall–Kier alpha value is -3.18. The highest BCUT2D eigenvalue weighted by Gasteiger charge is 2.13.